The number of rotatable bonds is 16. The van der Waals surface area contributed by atoms with Crippen LogP contribution in [0.2, 0.25) is 0 Å². The van der Waals surface area contributed by atoms with E-state index in [-0.39, 0.29) is 0 Å². The normalized spacial score (nSPS) is 21.1. The maximum atomic E-state index is 2.35. The summed E-state index contributed by atoms with van der Waals surface area (Å²) in [6.07, 6.45) is 22.0. The van der Waals surface area contributed by atoms with Crippen molar-refractivity contribution >= 4 is 0 Å². The largest absolute Gasteiger partial charge is 0.324 e. The van der Waals surface area contributed by atoms with Crippen molar-refractivity contribution in [2.75, 3.05) is 52.4 Å². The van der Waals surface area contributed by atoms with E-state index >= 15 is 0 Å². The molecule has 160 valence electrons. The molecule has 2 heteroatoms. The van der Waals surface area contributed by atoms with Crippen LogP contribution in [0.3, 0.4) is 0 Å². The van der Waals surface area contributed by atoms with Crippen LogP contribution in [0.1, 0.15) is 110 Å². The Kier molecular flexibility index (Phi) is 11.3. The van der Waals surface area contributed by atoms with Gasteiger partial charge in [0.1, 0.15) is 0 Å². The number of quaternary nitrogens is 2. The van der Waals surface area contributed by atoms with E-state index in [1.807, 2.05) is 0 Å². The summed E-state index contributed by atoms with van der Waals surface area (Å²) in [4.78, 5) is 0. The molecule has 0 aromatic carbocycles. The number of likely N-dealkylation sites (tertiary alicyclic amines) is 2. The quantitative estimate of drug-likeness (QED) is 0.211. The van der Waals surface area contributed by atoms with Crippen molar-refractivity contribution in [3.63, 3.8) is 0 Å². The van der Waals surface area contributed by atoms with Crippen LogP contribution in [0.15, 0.2) is 0 Å². The minimum Gasteiger partial charge on any atom is -0.324 e. The predicted molar refractivity (Wildman–Crippen MR) is 120 cm³/mol. The fourth-order valence-corrected chi connectivity index (χ4v) is 5.90. The van der Waals surface area contributed by atoms with Gasteiger partial charge >= 0.3 is 0 Å². The van der Waals surface area contributed by atoms with Gasteiger partial charge in [-0.15, -0.1) is 0 Å². The van der Waals surface area contributed by atoms with Gasteiger partial charge in [0.15, 0.2) is 0 Å². The molecular weight excluding hydrogens is 328 g/mol. The zero-order valence-electron chi connectivity index (χ0n) is 19.2. The van der Waals surface area contributed by atoms with Crippen LogP contribution in [-0.2, 0) is 0 Å². The van der Waals surface area contributed by atoms with Crippen molar-refractivity contribution in [2.24, 2.45) is 0 Å². The molecule has 2 nitrogen and oxygen atoms in total. The molecule has 2 fully saturated rings. The van der Waals surface area contributed by atoms with Crippen LogP contribution in [0.25, 0.3) is 0 Å². The Morgan fingerprint density at radius 3 is 1.04 bits per heavy atom. The zero-order valence-corrected chi connectivity index (χ0v) is 19.2. The molecule has 2 rings (SSSR count). The Morgan fingerprint density at radius 1 is 0.407 bits per heavy atom. The van der Waals surface area contributed by atoms with Crippen molar-refractivity contribution < 1.29 is 8.97 Å². The van der Waals surface area contributed by atoms with Gasteiger partial charge in [-0.2, -0.15) is 0 Å². The second kappa shape index (κ2) is 13.2. The van der Waals surface area contributed by atoms with Gasteiger partial charge in [-0.3, -0.25) is 0 Å². The summed E-state index contributed by atoms with van der Waals surface area (Å²) >= 11 is 0. The van der Waals surface area contributed by atoms with Crippen LogP contribution in [0, 0.1) is 0 Å². The molecule has 2 saturated heterocycles. The van der Waals surface area contributed by atoms with E-state index in [4.69, 9.17) is 0 Å². The van der Waals surface area contributed by atoms with Crippen molar-refractivity contribution in [1.82, 2.24) is 0 Å². The van der Waals surface area contributed by atoms with Crippen LogP contribution >= 0.6 is 0 Å². The Bertz CT molecular complexity index is 319. The van der Waals surface area contributed by atoms with Crippen molar-refractivity contribution in [1.29, 1.82) is 0 Å². The molecular formula is C25H52N2+2. The Balaban J connectivity index is 1.47. The van der Waals surface area contributed by atoms with Gasteiger partial charge in [0.2, 0.25) is 0 Å². The fraction of sp³-hybridized carbons (Fsp3) is 1.00. The topological polar surface area (TPSA) is 0 Å². The maximum absolute atomic E-state index is 2.35. The fourth-order valence-electron chi connectivity index (χ4n) is 5.90. The molecule has 0 aromatic heterocycles. The molecule has 0 radical (unpaired) electrons. The van der Waals surface area contributed by atoms with Crippen LogP contribution < -0.4 is 0 Å². The van der Waals surface area contributed by atoms with Gasteiger partial charge in [-0.05, 0) is 38.5 Å². The molecule has 0 bridgehead atoms. The first-order valence-electron chi connectivity index (χ1n) is 12.9. The highest BCUT2D eigenvalue weighted by Crippen LogP contribution is 2.24. The molecule has 0 aromatic rings. The average Bonchev–Trinajstić information content (AvgIpc) is 3.34. The third-order valence-corrected chi connectivity index (χ3v) is 7.77. The summed E-state index contributed by atoms with van der Waals surface area (Å²) in [5.74, 6) is 0. The first-order chi connectivity index (χ1) is 13.2. The number of unbranched alkanes of at least 4 members (excludes halogenated alkanes) is 8. The second-order valence-electron chi connectivity index (χ2n) is 10.1. The standard InChI is InChI=1S/C25H52N2/c1-3-5-18-26(22-14-15-23-26)20-12-10-8-7-9-11-13-21-27(19-6-4-2)24-16-17-25-27/h3-25H2,1-2H3/q+2. The van der Waals surface area contributed by atoms with Gasteiger partial charge < -0.3 is 8.97 Å². The highest BCUT2D eigenvalue weighted by atomic mass is 15.4. The molecule has 0 atom stereocenters. The van der Waals surface area contributed by atoms with Crippen LogP contribution in [-0.4, -0.2) is 61.3 Å². The summed E-state index contributed by atoms with van der Waals surface area (Å²) in [7, 11) is 0. The lowest BCUT2D eigenvalue weighted by molar-refractivity contribution is -0.917. The number of nitrogens with zero attached hydrogens (tertiary/aromatic N) is 2. The van der Waals surface area contributed by atoms with Gasteiger partial charge in [0.05, 0.1) is 52.4 Å². The maximum Gasteiger partial charge on any atom is 0.0788 e. The summed E-state index contributed by atoms with van der Waals surface area (Å²) < 4.78 is 2.96. The average molecular weight is 381 g/mol. The lowest BCUT2D eigenvalue weighted by Gasteiger charge is -2.34. The van der Waals surface area contributed by atoms with Crippen molar-refractivity contribution in [2.45, 2.75) is 110 Å². The van der Waals surface area contributed by atoms with Crippen molar-refractivity contribution in [3.8, 4) is 0 Å². The van der Waals surface area contributed by atoms with E-state index in [1.54, 1.807) is 0 Å². The molecule has 0 N–H and O–H groups in total. The molecule has 0 spiro atoms. The summed E-state index contributed by atoms with van der Waals surface area (Å²) in [5, 5.41) is 0. The number of hydrogen-bond donors (Lipinski definition) is 0. The lowest BCUT2D eigenvalue weighted by atomic mass is 10.1. The Morgan fingerprint density at radius 2 is 0.704 bits per heavy atom. The molecule has 27 heavy (non-hydrogen) atoms. The smallest absolute Gasteiger partial charge is 0.0788 e. The van der Waals surface area contributed by atoms with Crippen LogP contribution in [0.5, 0.6) is 0 Å². The van der Waals surface area contributed by atoms with Gasteiger partial charge in [0.25, 0.3) is 0 Å². The highest BCUT2D eigenvalue weighted by Gasteiger charge is 2.31. The summed E-state index contributed by atoms with van der Waals surface area (Å²) in [6.45, 7) is 16.5. The summed E-state index contributed by atoms with van der Waals surface area (Å²) in [5.41, 5.74) is 0. The van der Waals surface area contributed by atoms with E-state index < -0.39 is 0 Å². The molecule has 2 heterocycles. The number of hydrogen-bond acceptors (Lipinski definition) is 0. The minimum absolute atomic E-state index is 1.37. The van der Waals surface area contributed by atoms with Gasteiger partial charge in [-0.25, -0.2) is 0 Å². The second-order valence-corrected chi connectivity index (χ2v) is 10.1. The molecule has 2 aliphatic heterocycles. The van der Waals surface area contributed by atoms with E-state index in [0.29, 0.717) is 0 Å². The molecule has 0 amide bonds. The Hall–Kier alpha value is -0.0800. The van der Waals surface area contributed by atoms with Gasteiger partial charge in [-0.1, -0.05) is 46.0 Å². The highest BCUT2D eigenvalue weighted by molar-refractivity contribution is 4.58. The third kappa shape index (κ3) is 8.44. The minimum atomic E-state index is 1.37. The van der Waals surface area contributed by atoms with E-state index in [2.05, 4.69) is 13.8 Å². The van der Waals surface area contributed by atoms with Crippen molar-refractivity contribution in [3.05, 3.63) is 0 Å². The molecule has 2 aliphatic rings. The summed E-state index contributed by atoms with van der Waals surface area (Å²) in [6, 6.07) is 0. The van der Waals surface area contributed by atoms with E-state index in [1.165, 1.54) is 158 Å². The zero-order chi connectivity index (χ0) is 19.3. The third-order valence-electron chi connectivity index (χ3n) is 7.77. The monoisotopic (exact) mass is 380 g/mol. The predicted octanol–water partition coefficient (Wildman–Crippen LogP) is 6.54. The molecule has 0 aliphatic carbocycles. The SMILES string of the molecule is CCCC[N+]1(CCCCCCCCC[N+]2(CCCC)CCCC2)CCCC1. The first kappa shape index (κ1) is 23.2. The van der Waals surface area contributed by atoms with Crippen LogP contribution in [0.4, 0.5) is 0 Å². The Labute approximate surface area is 171 Å². The lowest BCUT2D eigenvalue weighted by Crippen LogP contribution is -2.46. The first-order valence-corrected chi connectivity index (χ1v) is 12.9. The van der Waals surface area contributed by atoms with E-state index in [0.717, 1.165) is 0 Å². The molecule has 0 saturated carbocycles. The molecule has 0 unspecified atom stereocenters. The van der Waals surface area contributed by atoms with Gasteiger partial charge in [0, 0.05) is 25.7 Å². The van der Waals surface area contributed by atoms with E-state index in [9.17, 15) is 0 Å².